The molecule has 2 aliphatic carbocycles. The number of rotatable bonds is 6. The molecule has 2 saturated carbocycles. The highest BCUT2D eigenvalue weighted by Gasteiger charge is 2.47. The van der Waals surface area contributed by atoms with E-state index in [2.05, 4.69) is 45.7 Å². The molecule has 20 heavy (non-hydrogen) atoms. The SMILES string of the molecule is CC1(C(CBr)C(=O)C(CBr)C2(C)CCCC2)CCCC1. The van der Waals surface area contributed by atoms with Gasteiger partial charge < -0.3 is 0 Å². The first-order chi connectivity index (χ1) is 9.47. The second-order valence-electron chi connectivity index (χ2n) is 7.54. The summed E-state index contributed by atoms with van der Waals surface area (Å²) in [7, 11) is 0. The van der Waals surface area contributed by atoms with Crippen molar-refractivity contribution in [2.24, 2.45) is 22.7 Å². The van der Waals surface area contributed by atoms with Crippen molar-refractivity contribution in [2.75, 3.05) is 10.7 Å². The molecule has 0 amide bonds. The van der Waals surface area contributed by atoms with Crippen LogP contribution in [0.5, 0.6) is 0 Å². The van der Waals surface area contributed by atoms with Crippen molar-refractivity contribution in [1.29, 1.82) is 0 Å². The lowest BCUT2D eigenvalue weighted by Gasteiger charge is -2.39. The number of hydrogen-bond acceptors (Lipinski definition) is 1. The van der Waals surface area contributed by atoms with Gasteiger partial charge in [0.1, 0.15) is 5.78 Å². The lowest BCUT2D eigenvalue weighted by atomic mass is 9.66. The fraction of sp³-hybridized carbons (Fsp3) is 0.941. The third kappa shape index (κ3) is 3.19. The molecule has 2 atom stereocenters. The van der Waals surface area contributed by atoms with Gasteiger partial charge in [-0.1, -0.05) is 71.4 Å². The summed E-state index contributed by atoms with van der Waals surface area (Å²) < 4.78 is 0. The van der Waals surface area contributed by atoms with Gasteiger partial charge in [-0.3, -0.25) is 4.79 Å². The summed E-state index contributed by atoms with van der Waals surface area (Å²) in [5.41, 5.74) is 0.464. The summed E-state index contributed by atoms with van der Waals surface area (Å²) in [5.74, 6) is 0.919. The zero-order chi connectivity index (χ0) is 14.8. The quantitative estimate of drug-likeness (QED) is 0.513. The van der Waals surface area contributed by atoms with Crippen molar-refractivity contribution < 1.29 is 4.79 Å². The number of carbonyl (C=O) groups excluding carboxylic acids is 1. The van der Waals surface area contributed by atoms with Gasteiger partial charge in [0.05, 0.1) is 0 Å². The van der Waals surface area contributed by atoms with Crippen molar-refractivity contribution in [3.8, 4) is 0 Å². The Morgan fingerprint density at radius 3 is 1.40 bits per heavy atom. The molecule has 0 radical (unpaired) electrons. The van der Waals surface area contributed by atoms with Crippen LogP contribution in [0.15, 0.2) is 0 Å². The number of ketones is 1. The third-order valence-corrected chi connectivity index (χ3v) is 7.46. The Morgan fingerprint density at radius 2 is 1.15 bits per heavy atom. The molecule has 3 heteroatoms. The predicted octanol–water partition coefficient (Wildman–Crippen LogP) is 5.74. The van der Waals surface area contributed by atoms with Gasteiger partial charge >= 0.3 is 0 Å². The van der Waals surface area contributed by atoms with Crippen LogP contribution >= 0.6 is 31.9 Å². The zero-order valence-corrected chi connectivity index (χ0v) is 16.1. The zero-order valence-electron chi connectivity index (χ0n) is 12.9. The average Bonchev–Trinajstić information content (AvgIpc) is 3.01. The summed E-state index contributed by atoms with van der Waals surface area (Å²) in [6.07, 6.45) is 10.1. The van der Waals surface area contributed by atoms with Crippen LogP contribution in [0.25, 0.3) is 0 Å². The van der Waals surface area contributed by atoms with Crippen LogP contribution < -0.4 is 0 Å². The minimum absolute atomic E-state index is 0.199. The molecule has 116 valence electrons. The van der Waals surface area contributed by atoms with E-state index in [1.54, 1.807) is 0 Å². The van der Waals surface area contributed by atoms with Gasteiger partial charge in [-0.2, -0.15) is 0 Å². The molecule has 0 aromatic carbocycles. The normalized spacial score (nSPS) is 27.4. The molecular formula is C17H28Br2O. The number of alkyl halides is 2. The van der Waals surface area contributed by atoms with E-state index < -0.39 is 0 Å². The fourth-order valence-electron chi connectivity index (χ4n) is 4.52. The van der Waals surface area contributed by atoms with Crippen LogP contribution in [-0.4, -0.2) is 16.4 Å². The Bertz CT molecular complexity index is 309. The van der Waals surface area contributed by atoms with E-state index in [9.17, 15) is 4.79 Å². The summed E-state index contributed by atoms with van der Waals surface area (Å²) >= 11 is 7.30. The minimum Gasteiger partial charge on any atom is -0.299 e. The summed E-state index contributed by atoms with van der Waals surface area (Å²) in [4.78, 5) is 13.2. The summed E-state index contributed by atoms with van der Waals surface area (Å²) in [6.45, 7) is 4.68. The molecule has 0 saturated heterocycles. The first-order valence-corrected chi connectivity index (χ1v) is 10.4. The topological polar surface area (TPSA) is 17.1 Å². The van der Waals surface area contributed by atoms with Crippen molar-refractivity contribution in [2.45, 2.75) is 65.2 Å². The van der Waals surface area contributed by atoms with Crippen LogP contribution in [-0.2, 0) is 4.79 Å². The molecule has 0 heterocycles. The minimum atomic E-state index is 0.199. The second-order valence-corrected chi connectivity index (χ2v) is 8.83. The van der Waals surface area contributed by atoms with Crippen LogP contribution in [0.2, 0.25) is 0 Å². The van der Waals surface area contributed by atoms with E-state index in [0.717, 1.165) is 10.7 Å². The molecule has 0 aromatic rings. The van der Waals surface area contributed by atoms with Gasteiger partial charge in [-0.05, 0) is 36.5 Å². The van der Waals surface area contributed by atoms with E-state index in [1.165, 1.54) is 51.4 Å². The second kappa shape index (κ2) is 6.81. The molecule has 0 aromatic heterocycles. The van der Waals surface area contributed by atoms with Crippen molar-refractivity contribution in [3.05, 3.63) is 0 Å². The first-order valence-electron chi connectivity index (χ1n) is 8.12. The number of Topliss-reactive ketones (excluding diaryl/α,β-unsaturated/α-hetero) is 1. The number of carbonyl (C=O) groups is 1. The molecule has 2 aliphatic rings. The Hall–Kier alpha value is 0.630. The Balaban J connectivity index is 2.17. The maximum absolute atomic E-state index is 13.2. The summed E-state index contributed by atoms with van der Waals surface area (Å²) in [5, 5.41) is 1.67. The Labute approximate surface area is 140 Å². The molecule has 0 spiro atoms. The van der Waals surface area contributed by atoms with Crippen LogP contribution in [0.3, 0.4) is 0 Å². The molecule has 0 aliphatic heterocycles. The van der Waals surface area contributed by atoms with Gasteiger partial charge in [-0.25, -0.2) is 0 Å². The Morgan fingerprint density at radius 1 is 0.850 bits per heavy atom. The van der Waals surface area contributed by atoms with Gasteiger partial charge in [-0.15, -0.1) is 0 Å². The van der Waals surface area contributed by atoms with E-state index in [1.807, 2.05) is 0 Å². The largest absolute Gasteiger partial charge is 0.299 e. The number of hydrogen-bond donors (Lipinski definition) is 0. The first kappa shape index (κ1) is 17.0. The van der Waals surface area contributed by atoms with Crippen LogP contribution in [0, 0.1) is 22.7 Å². The highest BCUT2D eigenvalue weighted by Crippen LogP contribution is 2.50. The van der Waals surface area contributed by atoms with Gasteiger partial charge in [0.15, 0.2) is 0 Å². The predicted molar refractivity (Wildman–Crippen MR) is 92.7 cm³/mol. The molecule has 2 unspecified atom stereocenters. The standard InChI is InChI=1S/C17H28Br2O/c1-16(7-3-4-8-16)13(11-18)15(20)14(12-19)17(2)9-5-6-10-17/h13-14H,3-12H2,1-2H3. The van der Waals surface area contributed by atoms with E-state index >= 15 is 0 Å². The monoisotopic (exact) mass is 406 g/mol. The lowest BCUT2D eigenvalue weighted by molar-refractivity contribution is -0.132. The molecule has 2 rings (SSSR count). The molecule has 2 fully saturated rings. The van der Waals surface area contributed by atoms with E-state index in [0.29, 0.717) is 5.78 Å². The fourth-order valence-corrected chi connectivity index (χ4v) is 6.72. The Kier molecular flexibility index (Phi) is 5.79. The summed E-state index contributed by atoms with van der Waals surface area (Å²) in [6, 6.07) is 0. The van der Waals surface area contributed by atoms with Crippen LogP contribution in [0.4, 0.5) is 0 Å². The van der Waals surface area contributed by atoms with Gasteiger partial charge in [0, 0.05) is 22.5 Å². The molecular weight excluding hydrogens is 380 g/mol. The average molecular weight is 408 g/mol. The highest BCUT2D eigenvalue weighted by atomic mass is 79.9. The van der Waals surface area contributed by atoms with Crippen molar-refractivity contribution in [3.63, 3.8) is 0 Å². The maximum Gasteiger partial charge on any atom is 0.141 e. The van der Waals surface area contributed by atoms with Gasteiger partial charge in [0.2, 0.25) is 0 Å². The number of halogens is 2. The smallest absolute Gasteiger partial charge is 0.141 e. The van der Waals surface area contributed by atoms with Gasteiger partial charge in [0.25, 0.3) is 0 Å². The van der Waals surface area contributed by atoms with E-state index in [-0.39, 0.29) is 22.7 Å². The van der Waals surface area contributed by atoms with Crippen molar-refractivity contribution in [1.82, 2.24) is 0 Å². The van der Waals surface area contributed by atoms with E-state index in [4.69, 9.17) is 0 Å². The molecule has 0 N–H and O–H groups in total. The van der Waals surface area contributed by atoms with Crippen LogP contribution in [0.1, 0.15) is 65.2 Å². The third-order valence-electron chi connectivity index (χ3n) is 6.17. The molecule has 1 nitrogen and oxygen atoms in total. The van der Waals surface area contributed by atoms with Crippen molar-refractivity contribution >= 4 is 37.6 Å². The molecule has 0 bridgehead atoms. The maximum atomic E-state index is 13.2. The lowest BCUT2D eigenvalue weighted by Crippen LogP contribution is -2.42. The highest BCUT2D eigenvalue weighted by molar-refractivity contribution is 9.09.